The highest BCUT2D eigenvalue weighted by Gasteiger charge is 2.09. The summed E-state index contributed by atoms with van der Waals surface area (Å²) >= 11 is 0. The summed E-state index contributed by atoms with van der Waals surface area (Å²) in [6, 6.07) is 0. The molecular formula is C23H47NO. The van der Waals surface area contributed by atoms with E-state index in [1.54, 1.807) is 0 Å². The summed E-state index contributed by atoms with van der Waals surface area (Å²) in [6.07, 6.45) is 20.1. The maximum absolute atomic E-state index is 11.8. The Bertz CT molecular complexity index is 288. The van der Waals surface area contributed by atoms with Crippen molar-refractivity contribution in [3.63, 3.8) is 0 Å². The van der Waals surface area contributed by atoms with Gasteiger partial charge in [0.2, 0.25) is 5.91 Å². The van der Waals surface area contributed by atoms with Crippen LogP contribution in [0.4, 0.5) is 0 Å². The van der Waals surface area contributed by atoms with Gasteiger partial charge in [0.15, 0.2) is 0 Å². The van der Waals surface area contributed by atoms with Gasteiger partial charge in [-0.3, -0.25) is 4.79 Å². The lowest BCUT2D eigenvalue weighted by atomic mass is 9.98. The SMILES string of the molecule is CCCCCCCCCCCCCCCC(C)CC(=O)NCC(C)C. The van der Waals surface area contributed by atoms with Crippen LogP contribution < -0.4 is 5.32 Å². The number of nitrogens with one attached hydrogen (secondary N) is 1. The Hall–Kier alpha value is -0.530. The van der Waals surface area contributed by atoms with Crippen LogP contribution in [-0.4, -0.2) is 12.5 Å². The predicted octanol–water partition coefficient (Wildman–Crippen LogP) is 7.27. The molecule has 0 spiro atoms. The summed E-state index contributed by atoms with van der Waals surface area (Å²) in [7, 11) is 0. The highest BCUT2D eigenvalue weighted by molar-refractivity contribution is 5.76. The molecule has 0 bridgehead atoms. The van der Waals surface area contributed by atoms with Gasteiger partial charge in [-0.05, 0) is 11.8 Å². The van der Waals surface area contributed by atoms with Crippen LogP contribution in [0.5, 0.6) is 0 Å². The molecule has 1 amide bonds. The summed E-state index contributed by atoms with van der Waals surface area (Å²) in [5.74, 6) is 1.30. The summed E-state index contributed by atoms with van der Waals surface area (Å²) in [4.78, 5) is 11.8. The van der Waals surface area contributed by atoms with Crippen LogP contribution in [0.25, 0.3) is 0 Å². The molecule has 0 heterocycles. The molecule has 1 unspecified atom stereocenters. The van der Waals surface area contributed by atoms with Gasteiger partial charge in [-0.2, -0.15) is 0 Å². The summed E-state index contributed by atoms with van der Waals surface area (Å²) in [5.41, 5.74) is 0. The molecule has 0 aromatic heterocycles. The molecule has 0 rings (SSSR count). The Morgan fingerprint density at radius 2 is 1.16 bits per heavy atom. The van der Waals surface area contributed by atoms with E-state index in [4.69, 9.17) is 0 Å². The molecule has 2 heteroatoms. The minimum Gasteiger partial charge on any atom is -0.356 e. The van der Waals surface area contributed by atoms with E-state index in [2.05, 4.69) is 33.0 Å². The highest BCUT2D eigenvalue weighted by Crippen LogP contribution is 2.16. The average molecular weight is 354 g/mol. The summed E-state index contributed by atoms with van der Waals surface area (Å²) < 4.78 is 0. The molecule has 0 aliphatic rings. The van der Waals surface area contributed by atoms with E-state index in [0.29, 0.717) is 18.3 Å². The molecule has 0 saturated carbocycles. The lowest BCUT2D eigenvalue weighted by molar-refractivity contribution is -0.122. The van der Waals surface area contributed by atoms with E-state index >= 15 is 0 Å². The van der Waals surface area contributed by atoms with Crippen molar-refractivity contribution in [1.82, 2.24) is 5.32 Å². The number of unbranched alkanes of at least 4 members (excludes halogenated alkanes) is 12. The van der Waals surface area contributed by atoms with Crippen molar-refractivity contribution >= 4 is 5.91 Å². The molecule has 0 aromatic rings. The molecule has 0 aliphatic carbocycles. The summed E-state index contributed by atoms with van der Waals surface area (Å²) in [6.45, 7) is 9.58. The van der Waals surface area contributed by atoms with Crippen molar-refractivity contribution in [3.05, 3.63) is 0 Å². The maximum atomic E-state index is 11.8. The van der Waals surface area contributed by atoms with Gasteiger partial charge in [-0.15, -0.1) is 0 Å². The largest absolute Gasteiger partial charge is 0.356 e. The van der Waals surface area contributed by atoms with Crippen LogP contribution in [0.2, 0.25) is 0 Å². The quantitative estimate of drug-likeness (QED) is 0.258. The third-order valence-electron chi connectivity index (χ3n) is 5.04. The maximum Gasteiger partial charge on any atom is 0.220 e. The zero-order valence-electron chi connectivity index (χ0n) is 17.9. The first-order valence-corrected chi connectivity index (χ1v) is 11.3. The van der Waals surface area contributed by atoms with E-state index in [0.717, 1.165) is 6.54 Å². The molecule has 150 valence electrons. The second-order valence-electron chi connectivity index (χ2n) is 8.54. The average Bonchev–Trinajstić information content (AvgIpc) is 2.57. The lowest BCUT2D eigenvalue weighted by Gasteiger charge is -2.12. The number of rotatable bonds is 18. The molecule has 25 heavy (non-hydrogen) atoms. The topological polar surface area (TPSA) is 29.1 Å². The number of hydrogen-bond acceptors (Lipinski definition) is 1. The zero-order valence-corrected chi connectivity index (χ0v) is 17.9. The Balaban J connectivity index is 3.25. The second kappa shape index (κ2) is 18.3. The van der Waals surface area contributed by atoms with Crippen molar-refractivity contribution < 1.29 is 4.79 Å². The first kappa shape index (κ1) is 24.5. The van der Waals surface area contributed by atoms with Crippen molar-refractivity contribution in [2.24, 2.45) is 11.8 Å². The van der Waals surface area contributed by atoms with Crippen molar-refractivity contribution in [1.29, 1.82) is 0 Å². The highest BCUT2D eigenvalue weighted by atomic mass is 16.1. The minimum atomic E-state index is 0.232. The van der Waals surface area contributed by atoms with Crippen LogP contribution in [0.15, 0.2) is 0 Å². The van der Waals surface area contributed by atoms with Gasteiger partial charge in [0.25, 0.3) is 0 Å². The van der Waals surface area contributed by atoms with Crippen molar-refractivity contribution in [2.75, 3.05) is 6.54 Å². The van der Waals surface area contributed by atoms with Gasteiger partial charge in [-0.1, -0.05) is 118 Å². The molecule has 0 aromatic carbocycles. The van der Waals surface area contributed by atoms with Crippen LogP contribution in [0.3, 0.4) is 0 Å². The van der Waals surface area contributed by atoms with Gasteiger partial charge >= 0.3 is 0 Å². The molecule has 1 atom stereocenters. The normalized spacial score (nSPS) is 12.5. The molecule has 0 fully saturated rings. The Kier molecular flexibility index (Phi) is 17.9. The second-order valence-corrected chi connectivity index (χ2v) is 8.54. The standard InChI is InChI=1S/C23H47NO/c1-5-6-7-8-9-10-11-12-13-14-15-16-17-18-22(4)19-23(25)24-20-21(2)3/h21-22H,5-20H2,1-4H3,(H,24,25). The molecule has 0 radical (unpaired) electrons. The first-order chi connectivity index (χ1) is 12.1. The van der Waals surface area contributed by atoms with Gasteiger partial charge in [-0.25, -0.2) is 0 Å². The monoisotopic (exact) mass is 353 g/mol. The Morgan fingerprint density at radius 3 is 1.60 bits per heavy atom. The van der Waals surface area contributed by atoms with E-state index in [-0.39, 0.29) is 5.91 Å². The zero-order chi connectivity index (χ0) is 18.8. The Labute approximate surface area is 158 Å². The van der Waals surface area contributed by atoms with Gasteiger partial charge in [0.05, 0.1) is 0 Å². The van der Waals surface area contributed by atoms with E-state index < -0.39 is 0 Å². The van der Waals surface area contributed by atoms with Crippen molar-refractivity contribution in [3.8, 4) is 0 Å². The van der Waals surface area contributed by atoms with E-state index in [1.165, 1.54) is 89.9 Å². The fraction of sp³-hybridized carbons (Fsp3) is 0.957. The van der Waals surface area contributed by atoms with Crippen LogP contribution in [0.1, 0.15) is 124 Å². The number of amides is 1. The van der Waals surface area contributed by atoms with Gasteiger partial charge < -0.3 is 5.32 Å². The lowest BCUT2D eigenvalue weighted by Crippen LogP contribution is -2.28. The van der Waals surface area contributed by atoms with E-state index in [9.17, 15) is 4.79 Å². The van der Waals surface area contributed by atoms with Crippen LogP contribution in [-0.2, 0) is 4.79 Å². The minimum absolute atomic E-state index is 0.232. The Morgan fingerprint density at radius 1 is 0.720 bits per heavy atom. The smallest absolute Gasteiger partial charge is 0.220 e. The fourth-order valence-corrected chi connectivity index (χ4v) is 3.32. The third kappa shape index (κ3) is 19.6. The predicted molar refractivity (Wildman–Crippen MR) is 112 cm³/mol. The van der Waals surface area contributed by atoms with Crippen LogP contribution in [0, 0.1) is 11.8 Å². The number of hydrogen-bond donors (Lipinski definition) is 1. The fourth-order valence-electron chi connectivity index (χ4n) is 3.32. The summed E-state index contributed by atoms with van der Waals surface area (Å²) in [5, 5.41) is 3.02. The molecule has 0 saturated heterocycles. The van der Waals surface area contributed by atoms with Crippen LogP contribution >= 0.6 is 0 Å². The molecule has 0 aliphatic heterocycles. The number of carbonyl (C=O) groups excluding carboxylic acids is 1. The first-order valence-electron chi connectivity index (χ1n) is 11.3. The molecule has 2 nitrogen and oxygen atoms in total. The third-order valence-corrected chi connectivity index (χ3v) is 5.04. The number of carbonyl (C=O) groups is 1. The van der Waals surface area contributed by atoms with Gasteiger partial charge in [0.1, 0.15) is 0 Å². The van der Waals surface area contributed by atoms with Gasteiger partial charge in [0, 0.05) is 13.0 Å². The molecular weight excluding hydrogens is 306 g/mol. The van der Waals surface area contributed by atoms with Crippen molar-refractivity contribution in [2.45, 2.75) is 124 Å². The molecule has 1 N–H and O–H groups in total. The van der Waals surface area contributed by atoms with E-state index in [1.807, 2.05) is 0 Å².